The highest BCUT2D eigenvalue weighted by Crippen LogP contribution is 2.27. The number of ether oxygens (including phenoxy) is 2. The highest BCUT2D eigenvalue weighted by Gasteiger charge is 2.16. The third-order valence-electron chi connectivity index (χ3n) is 3.35. The van der Waals surface area contributed by atoms with E-state index in [1.807, 2.05) is 31.4 Å². The number of benzene rings is 1. The number of halogens is 1. The smallest absolute Gasteiger partial charge is 0.237 e. The average molecular weight is 363 g/mol. The molecule has 0 heterocycles. The standard InChI is InChI=1S/C16H26N2O3S.ClH/c1-11(18-16(19)13(17)7-8-22-4)9-12-5-6-14(20-2)15(10-12)21-3;/h5-6,10-11,13H,7-9,17H2,1-4H3,(H,18,19);1H/t11?,13-;/m0./s1. The molecule has 0 aromatic heterocycles. The molecule has 0 bridgehead atoms. The Hall–Kier alpha value is -1.11. The van der Waals surface area contributed by atoms with Crippen molar-refractivity contribution >= 4 is 30.1 Å². The molecule has 0 aliphatic heterocycles. The number of nitrogens with two attached hydrogens (primary N) is 1. The molecule has 0 aliphatic carbocycles. The van der Waals surface area contributed by atoms with Gasteiger partial charge < -0.3 is 20.5 Å². The van der Waals surface area contributed by atoms with E-state index in [4.69, 9.17) is 15.2 Å². The molecule has 0 fully saturated rings. The number of carbonyl (C=O) groups excluding carboxylic acids is 1. The summed E-state index contributed by atoms with van der Waals surface area (Å²) in [5.74, 6) is 2.18. The van der Waals surface area contributed by atoms with E-state index in [1.165, 1.54) is 0 Å². The number of nitrogens with one attached hydrogen (secondary N) is 1. The number of amides is 1. The van der Waals surface area contributed by atoms with Gasteiger partial charge in [-0.15, -0.1) is 12.4 Å². The molecule has 23 heavy (non-hydrogen) atoms. The second-order valence-electron chi connectivity index (χ2n) is 5.19. The van der Waals surface area contributed by atoms with Crippen LogP contribution in [0.3, 0.4) is 0 Å². The molecule has 1 rings (SSSR count). The minimum absolute atomic E-state index is 0. The van der Waals surface area contributed by atoms with E-state index in [0.717, 1.165) is 11.3 Å². The van der Waals surface area contributed by atoms with Gasteiger partial charge in [0.1, 0.15) is 0 Å². The van der Waals surface area contributed by atoms with Crippen LogP contribution in [-0.4, -0.2) is 44.2 Å². The van der Waals surface area contributed by atoms with E-state index >= 15 is 0 Å². The number of methoxy groups -OCH3 is 2. The monoisotopic (exact) mass is 362 g/mol. The molecule has 7 heteroatoms. The fourth-order valence-corrected chi connectivity index (χ4v) is 2.63. The summed E-state index contributed by atoms with van der Waals surface area (Å²) in [6.07, 6.45) is 3.40. The summed E-state index contributed by atoms with van der Waals surface area (Å²) in [7, 11) is 3.22. The molecule has 2 atom stereocenters. The van der Waals surface area contributed by atoms with E-state index < -0.39 is 6.04 Å². The molecule has 132 valence electrons. The first-order valence-electron chi connectivity index (χ1n) is 7.27. The lowest BCUT2D eigenvalue weighted by atomic mass is 10.1. The molecular weight excluding hydrogens is 336 g/mol. The maximum absolute atomic E-state index is 12.0. The number of thioether (sulfide) groups is 1. The van der Waals surface area contributed by atoms with Gasteiger partial charge in [-0.05, 0) is 49.5 Å². The van der Waals surface area contributed by atoms with Crippen molar-refractivity contribution in [3.63, 3.8) is 0 Å². The Morgan fingerprint density at radius 2 is 1.96 bits per heavy atom. The molecule has 1 amide bonds. The molecule has 1 aromatic rings. The summed E-state index contributed by atoms with van der Waals surface area (Å²) in [6.45, 7) is 1.97. The molecule has 5 nitrogen and oxygen atoms in total. The second kappa shape index (κ2) is 11.4. The number of hydrogen-bond acceptors (Lipinski definition) is 5. The van der Waals surface area contributed by atoms with Gasteiger partial charge in [-0.25, -0.2) is 0 Å². The van der Waals surface area contributed by atoms with Crippen LogP contribution >= 0.6 is 24.2 Å². The van der Waals surface area contributed by atoms with Crippen molar-refractivity contribution < 1.29 is 14.3 Å². The Kier molecular flexibility index (Phi) is 10.9. The minimum Gasteiger partial charge on any atom is -0.493 e. The summed E-state index contributed by atoms with van der Waals surface area (Å²) >= 11 is 1.69. The molecule has 0 saturated heterocycles. The predicted molar refractivity (Wildman–Crippen MR) is 99.1 cm³/mol. The van der Waals surface area contributed by atoms with Crippen molar-refractivity contribution in [1.29, 1.82) is 0 Å². The van der Waals surface area contributed by atoms with Gasteiger partial charge in [0, 0.05) is 6.04 Å². The van der Waals surface area contributed by atoms with Gasteiger partial charge in [0.05, 0.1) is 20.3 Å². The normalized spacial score (nSPS) is 12.7. The Morgan fingerprint density at radius 1 is 1.30 bits per heavy atom. The summed E-state index contributed by atoms with van der Waals surface area (Å²) in [5, 5.41) is 2.96. The fourth-order valence-electron chi connectivity index (χ4n) is 2.14. The van der Waals surface area contributed by atoms with Crippen molar-refractivity contribution in [3.05, 3.63) is 23.8 Å². The van der Waals surface area contributed by atoms with Gasteiger partial charge >= 0.3 is 0 Å². The Morgan fingerprint density at radius 3 is 2.52 bits per heavy atom. The zero-order valence-electron chi connectivity index (χ0n) is 14.1. The van der Waals surface area contributed by atoms with Gasteiger partial charge in [0.2, 0.25) is 5.91 Å². The average Bonchev–Trinajstić information content (AvgIpc) is 2.52. The maximum Gasteiger partial charge on any atom is 0.237 e. The van der Waals surface area contributed by atoms with Crippen LogP contribution < -0.4 is 20.5 Å². The molecule has 3 N–H and O–H groups in total. The van der Waals surface area contributed by atoms with Crippen LogP contribution in [-0.2, 0) is 11.2 Å². The van der Waals surface area contributed by atoms with Crippen molar-refractivity contribution in [2.75, 3.05) is 26.2 Å². The van der Waals surface area contributed by atoms with E-state index in [9.17, 15) is 4.79 Å². The van der Waals surface area contributed by atoms with Crippen LogP contribution in [0.5, 0.6) is 11.5 Å². The van der Waals surface area contributed by atoms with Gasteiger partial charge in [0.15, 0.2) is 11.5 Å². The van der Waals surface area contributed by atoms with E-state index in [2.05, 4.69) is 5.32 Å². The van der Waals surface area contributed by atoms with Crippen LogP contribution in [0.1, 0.15) is 18.9 Å². The van der Waals surface area contributed by atoms with Crippen LogP contribution in [0.25, 0.3) is 0 Å². The third-order valence-corrected chi connectivity index (χ3v) is 3.99. The van der Waals surface area contributed by atoms with Crippen LogP contribution in [0.4, 0.5) is 0 Å². The van der Waals surface area contributed by atoms with Crippen LogP contribution in [0.2, 0.25) is 0 Å². The molecule has 1 unspecified atom stereocenters. The predicted octanol–water partition coefficient (Wildman–Crippen LogP) is 2.25. The number of hydrogen-bond donors (Lipinski definition) is 2. The third kappa shape index (κ3) is 7.33. The lowest BCUT2D eigenvalue weighted by Gasteiger charge is -2.18. The summed E-state index contributed by atoms with van der Waals surface area (Å²) in [5.41, 5.74) is 6.94. The highest BCUT2D eigenvalue weighted by molar-refractivity contribution is 7.98. The van der Waals surface area contributed by atoms with Gasteiger partial charge in [-0.2, -0.15) is 11.8 Å². The molecule has 1 aromatic carbocycles. The quantitative estimate of drug-likeness (QED) is 0.704. The van der Waals surface area contributed by atoms with Gasteiger partial charge in [0.25, 0.3) is 0 Å². The maximum atomic E-state index is 12.0. The molecule has 0 aliphatic rings. The van der Waals surface area contributed by atoms with E-state index in [1.54, 1.807) is 26.0 Å². The van der Waals surface area contributed by atoms with Crippen molar-refractivity contribution in [1.82, 2.24) is 5.32 Å². The Balaban J connectivity index is 0.00000484. The Labute approximate surface area is 149 Å². The number of carbonyl (C=O) groups is 1. The molecular formula is C16H27ClN2O3S. The lowest BCUT2D eigenvalue weighted by Crippen LogP contribution is -2.45. The largest absolute Gasteiger partial charge is 0.493 e. The summed E-state index contributed by atoms with van der Waals surface area (Å²) < 4.78 is 10.5. The van der Waals surface area contributed by atoms with E-state index in [-0.39, 0.29) is 24.4 Å². The van der Waals surface area contributed by atoms with E-state index in [0.29, 0.717) is 24.3 Å². The topological polar surface area (TPSA) is 73.6 Å². The second-order valence-corrected chi connectivity index (χ2v) is 6.18. The summed E-state index contributed by atoms with van der Waals surface area (Å²) in [4.78, 5) is 12.0. The molecule has 0 radical (unpaired) electrons. The first kappa shape index (κ1) is 21.9. The van der Waals surface area contributed by atoms with Crippen molar-refractivity contribution in [3.8, 4) is 11.5 Å². The Bertz CT molecular complexity index is 488. The first-order valence-corrected chi connectivity index (χ1v) is 8.67. The molecule has 0 spiro atoms. The first-order chi connectivity index (χ1) is 10.5. The fraction of sp³-hybridized carbons (Fsp3) is 0.562. The van der Waals surface area contributed by atoms with Gasteiger partial charge in [-0.3, -0.25) is 4.79 Å². The van der Waals surface area contributed by atoms with Gasteiger partial charge in [-0.1, -0.05) is 6.07 Å². The summed E-state index contributed by atoms with van der Waals surface area (Å²) in [6, 6.07) is 5.32. The van der Waals surface area contributed by atoms with Crippen molar-refractivity contribution in [2.45, 2.75) is 31.8 Å². The van der Waals surface area contributed by atoms with Crippen LogP contribution in [0, 0.1) is 0 Å². The SMILES string of the molecule is COc1ccc(CC(C)NC(=O)[C@@H](N)CCSC)cc1OC.Cl. The number of rotatable bonds is 9. The highest BCUT2D eigenvalue weighted by atomic mass is 35.5. The lowest BCUT2D eigenvalue weighted by molar-refractivity contribution is -0.122. The molecule has 0 saturated carbocycles. The zero-order chi connectivity index (χ0) is 16.5. The zero-order valence-corrected chi connectivity index (χ0v) is 15.8. The van der Waals surface area contributed by atoms with Crippen molar-refractivity contribution in [2.24, 2.45) is 5.73 Å². The minimum atomic E-state index is -0.444. The van der Waals surface area contributed by atoms with Crippen LogP contribution in [0.15, 0.2) is 18.2 Å².